The predicted molar refractivity (Wildman–Crippen MR) is 88.1 cm³/mol. The molecule has 0 spiro atoms. The van der Waals surface area contributed by atoms with E-state index in [4.69, 9.17) is 18.9 Å². The van der Waals surface area contributed by atoms with Crippen molar-refractivity contribution in [1.82, 2.24) is 5.32 Å². The Bertz CT molecular complexity index is 425. The van der Waals surface area contributed by atoms with Crippen molar-refractivity contribution in [3.05, 3.63) is 29.8 Å². The van der Waals surface area contributed by atoms with Crippen LogP contribution in [0.5, 0.6) is 5.75 Å². The minimum atomic E-state index is -1.06. The van der Waals surface area contributed by atoms with E-state index in [2.05, 4.69) is 31.3 Å². The molecule has 0 aliphatic rings. The SMILES string of the molecule is CCC(C)c1ccc(OC(C)OCNC(OC)C(O)OC)cc1. The van der Waals surface area contributed by atoms with Gasteiger partial charge in [-0.3, -0.25) is 5.32 Å². The molecule has 0 bridgehead atoms. The van der Waals surface area contributed by atoms with E-state index < -0.39 is 18.8 Å². The summed E-state index contributed by atoms with van der Waals surface area (Å²) in [5, 5.41) is 12.4. The topological polar surface area (TPSA) is 69.2 Å². The van der Waals surface area contributed by atoms with Crippen LogP contribution in [0.3, 0.4) is 0 Å². The van der Waals surface area contributed by atoms with Crippen LogP contribution in [0, 0.1) is 0 Å². The van der Waals surface area contributed by atoms with Crippen molar-refractivity contribution in [1.29, 1.82) is 0 Å². The van der Waals surface area contributed by atoms with Gasteiger partial charge in [-0.25, -0.2) is 0 Å². The molecule has 4 atom stereocenters. The van der Waals surface area contributed by atoms with E-state index >= 15 is 0 Å². The van der Waals surface area contributed by atoms with Crippen molar-refractivity contribution in [2.75, 3.05) is 21.0 Å². The summed E-state index contributed by atoms with van der Waals surface area (Å²) >= 11 is 0. The first kappa shape index (κ1) is 19.9. The molecule has 6 heteroatoms. The van der Waals surface area contributed by atoms with Gasteiger partial charge in [0.25, 0.3) is 0 Å². The lowest BCUT2D eigenvalue weighted by Crippen LogP contribution is -2.44. The van der Waals surface area contributed by atoms with Gasteiger partial charge < -0.3 is 24.1 Å². The highest BCUT2D eigenvalue weighted by atomic mass is 16.7. The Morgan fingerprint density at radius 1 is 1.09 bits per heavy atom. The van der Waals surface area contributed by atoms with Crippen LogP contribution in [0.4, 0.5) is 0 Å². The first-order chi connectivity index (χ1) is 11.0. The Balaban J connectivity index is 2.37. The molecule has 0 heterocycles. The number of hydrogen-bond donors (Lipinski definition) is 2. The molecular formula is C17H29NO5. The Labute approximate surface area is 138 Å². The number of methoxy groups -OCH3 is 2. The van der Waals surface area contributed by atoms with Crippen LogP contribution in [0.1, 0.15) is 38.7 Å². The molecule has 0 aliphatic carbocycles. The summed E-state index contributed by atoms with van der Waals surface area (Å²) in [6.07, 6.45) is -1.05. The monoisotopic (exact) mass is 327 g/mol. The highest BCUT2D eigenvalue weighted by Crippen LogP contribution is 2.22. The molecule has 4 unspecified atom stereocenters. The summed E-state index contributed by atoms with van der Waals surface area (Å²) < 4.78 is 21.0. The second-order valence-electron chi connectivity index (χ2n) is 5.36. The molecule has 1 rings (SSSR count). The van der Waals surface area contributed by atoms with Crippen molar-refractivity contribution in [2.24, 2.45) is 0 Å². The van der Waals surface area contributed by atoms with Gasteiger partial charge in [0.2, 0.25) is 0 Å². The molecule has 23 heavy (non-hydrogen) atoms. The van der Waals surface area contributed by atoms with Gasteiger partial charge in [0, 0.05) is 14.2 Å². The van der Waals surface area contributed by atoms with E-state index in [9.17, 15) is 5.11 Å². The van der Waals surface area contributed by atoms with Gasteiger partial charge >= 0.3 is 0 Å². The fourth-order valence-corrected chi connectivity index (χ4v) is 2.01. The van der Waals surface area contributed by atoms with E-state index in [1.165, 1.54) is 19.8 Å². The van der Waals surface area contributed by atoms with E-state index in [1.54, 1.807) is 6.92 Å². The zero-order chi connectivity index (χ0) is 17.2. The maximum Gasteiger partial charge on any atom is 0.198 e. The van der Waals surface area contributed by atoms with Crippen molar-refractivity contribution >= 4 is 0 Å². The summed E-state index contributed by atoms with van der Waals surface area (Å²) in [6, 6.07) is 8.04. The van der Waals surface area contributed by atoms with Gasteiger partial charge in [0.1, 0.15) is 12.5 Å². The summed E-state index contributed by atoms with van der Waals surface area (Å²) in [5.74, 6) is 1.30. The van der Waals surface area contributed by atoms with Crippen molar-refractivity contribution in [3.8, 4) is 5.75 Å². The lowest BCUT2D eigenvalue weighted by atomic mass is 9.99. The highest BCUT2D eigenvalue weighted by Gasteiger charge is 2.17. The largest absolute Gasteiger partial charge is 0.465 e. The molecule has 0 aliphatic heterocycles. The predicted octanol–water partition coefficient (Wildman–Crippen LogP) is 2.43. The molecule has 1 aromatic carbocycles. The van der Waals surface area contributed by atoms with Gasteiger partial charge in [-0.15, -0.1) is 0 Å². The molecule has 0 radical (unpaired) electrons. The Morgan fingerprint density at radius 3 is 2.26 bits per heavy atom. The second-order valence-corrected chi connectivity index (χ2v) is 5.36. The molecule has 0 amide bonds. The molecular weight excluding hydrogens is 298 g/mol. The van der Waals surface area contributed by atoms with E-state index in [1.807, 2.05) is 12.1 Å². The number of hydrogen-bond acceptors (Lipinski definition) is 6. The summed E-state index contributed by atoms with van der Waals surface area (Å²) in [6.45, 7) is 6.34. The second kappa shape index (κ2) is 10.6. The zero-order valence-electron chi connectivity index (χ0n) is 14.6. The number of aliphatic hydroxyl groups excluding tert-OH is 1. The van der Waals surface area contributed by atoms with Crippen molar-refractivity contribution < 1.29 is 24.1 Å². The lowest BCUT2D eigenvalue weighted by molar-refractivity contribution is -0.177. The van der Waals surface area contributed by atoms with E-state index in [0.717, 1.165) is 12.2 Å². The van der Waals surface area contributed by atoms with E-state index in [-0.39, 0.29) is 6.73 Å². The highest BCUT2D eigenvalue weighted by molar-refractivity contribution is 5.29. The van der Waals surface area contributed by atoms with Crippen LogP contribution >= 0.6 is 0 Å². The molecule has 0 saturated heterocycles. The van der Waals surface area contributed by atoms with Gasteiger partial charge in [-0.2, -0.15) is 0 Å². The van der Waals surface area contributed by atoms with Crippen LogP contribution in [-0.2, 0) is 14.2 Å². The molecule has 1 aromatic rings. The summed E-state index contributed by atoms with van der Waals surface area (Å²) in [7, 11) is 2.87. The lowest BCUT2D eigenvalue weighted by Gasteiger charge is -2.23. The normalized spacial score (nSPS) is 16.6. The molecule has 0 saturated carbocycles. The average molecular weight is 327 g/mol. The smallest absolute Gasteiger partial charge is 0.198 e. The molecule has 0 fully saturated rings. The minimum absolute atomic E-state index is 0.158. The third-order valence-electron chi connectivity index (χ3n) is 3.72. The van der Waals surface area contributed by atoms with E-state index in [0.29, 0.717) is 5.92 Å². The fourth-order valence-electron chi connectivity index (χ4n) is 2.01. The van der Waals surface area contributed by atoms with Crippen LogP contribution in [0.2, 0.25) is 0 Å². The van der Waals surface area contributed by atoms with Gasteiger partial charge in [-0.05, 0) is 37.0 Å². The number of ether oxygens (including phenoxy) is 4. The number of nitrogens with one attached hydrogen (secondary N) is 1. The van der Waals surface area contributed by atoms with Gasteiger partial charge in [0.05, 0.1) is 0 Å². The standard InChI is InChI=1S/C17H29NO5/c1-6-12(2)14-7-9-15(10-8-14)23-13(3)22-11-18-16(20-4)17(19)21-5/h7-10,12-13,16-19H,6,11H2,1-5H3. The Morgan fingerprint density at radius 2 is 1.74 bits per heavy atom. The van der Waals surface area contributed by atoms with Gasteiger partial charge in [0.15, 0.2) is 18.8 Å². The summed E-state index contributed by atoms with van der Waals surface area (Å²) in [5.41, 5.74) is 1.30. The van der Waals surface area contributed by atoms with Crippen LogP contribution in [0.15, 0.2) is 24.3 Å². The van der Waals surface area contributed by atoms with Crippen LogP contribution < -0.4 is 10.1 Å². The van der Waals surface area contributed by atoms with Gasteiger partial charge in [-0.1, -0.05) is 26.0 Å². The third kappa shape index (κ3) is 6.85. The Hall–Kier alpha value is -1.18. The average Bonchev–Trinajstić information content (AvgIpc) is 2.58. The number of rotatable bonds is 11. The summed E-state index contributed by atoms with van der Waals surface area (Å²) in [4.78, 5) is 0. The Kier molecular flexibility index (Phi) is 9.13. The molecule has 6 nitrogen and oxygen atoms in total. The molecule has 2 N–H and O–H groups in total. The maximum absolute atomic E-state index is 9.51. The van der Waals surface area contributed by atoms with Crippen molar-refractivity contribution in [2.45, 2.75) is 51.9 Å². The third-order valence-corrected chi connectivity index (χ3v) is 3.72. The number of benzene rings is 1. The van der Waals surface area contributed by atoms with Crippen LogP contribution in [-0.4, -0.2) is 44.9 Å². The quantitative estimate of drug-likeness (QED) is 0.608. The minimum Gasteiger partial charge on any atom is -0.465 e. The molecule has 0 aromatic heterocycles. The fraction of sp³-hybridized carbons (Fsp3) is 0.647. The maximum atomic E-state index is 9.51. The zero-order valence-corrected chi connectivity index (χ0v) is 14.6. The molecule has 132 valence electrons. The number of aliphatic hydroxyl groups is 1. The van der Waals surface area contributed by atoms with Crippen LogP contribution in [0.25, 0.3) is 0 Å². The van der Waals surface area contributed by atoms with Crippen molar-refractivity contribution in [3.63, 3.8) is 0 Å². The first-order valence-corrected chi connectivity index (χ1v) is 7.87. The first-order valence-electron chi connectivity index (χ1n) is 7.87.